The lowest BCUT2D eigenvalue weighted by Crippen LogP contribution is -2.47. The first-order valence-electron chi connectivity index (χ1n) is 12.7. The van der Waals surface area contributed by atoms with Crippen LogP contribution < -0.4 is 5.32 Å². The molecule has 0 spiro atoms. The van der Waals surface area contributed by atoms with Gasteiger partial charge in [0, 0.05) is 37.4 Å². The number of carbonyl (C=O) groups is 1. The summed E-state index contributed by atoms with van der Waals surface area (Å²) in [4.78, 5) is 19.5. The van der Waals surface area contributed by atoms with Gasteiger partial charge in [-0.1, -0.05) is 18.6 Å². The molecule has 0 saturated heterocycles. The molecule has 3 aliphatic rings. The SMILES string of the molecule is O=C(N1CCc2ncc(C(F)(F)F)cc2C1)C12CCCC1CC(NCCc1ccc(C(F)(F)F)cc1)C2. The van der Waals surface area contributed by atoms with Crippen LogP contribution in [0.1, 0.15) is 60.1 Å². The smallest absolute Gasteiger partial charge is 0.337 e. The molecule has 2 saturated carbocycles. The first kappa shape index (κ1) is 26.0. The van der Waals surface area contributed by atoms with Crippen LogP contribution in [0.2, 0.25) is 0 Å². The van der Waals surface area contributed by atoms with Crippen LogP contribution >= 0.6 is 0 Å². The molecule has 1 aromatic carbocycles. The highest BCUT2D eigenvalue weighted by Crippen LogP contribution is 2.55. The van der Waals surface area contributed by atoms with Gasteiger partial charge in [-0.15, -0.1) is 0 Å². The van der Waals surface area contributed by atoms with Crippen molar-refractivity contribution in [2.45, 2.75) is 69.9 Å². The normalized spacial score (nSPS) is 25.7. The van der Waals surface area contributed by atoms with Gasteiger partial charge in [0.15, 0.2) is 0 Å². The highest BCUT2D eigenvalue weighted by Gasteiger charge is 2.56. The molecule has 1 N–H and O–H groups in total. The molecule has 4 nitrogen and oxygen atoms in total. The molecule has 3 atom stereocenters. The number of rotatable bonds is 5. The predicted molar refractivity (Wildman–Crippen MR) is 124 cm³/mol. The second kappa shape index (κ2) is 9.60. The Morgan fingerprint density at radius 1 is 1.08 bits per heavy atom. The van der Waals surface area contributed by atoms with E-state index in [9.17, 15) is 31.1 Å². The fraction of sp³-hybridized carbons (Fsp3) is 0.556. The van der Waals surface area contributed by atoms with Gasteiger partial charge < -0.3 is 10.2 Å². The number of halogens is 6. The van der Waals surface area contributed by atoms with Crippen molar-refractivity contribution in [2.24, 2.45) is 11.3 Å². The molecule has 0 radical (unpaired) electrons. The number of aromatic nitrogens is 1. The van der Waals surface area contributed by atoms with E-state index in [2.05, 4.69) is 10.3 Å². The number of alkyl halides is 6. The third kappa shape index (κ3) is 5.22. The van der Waals surface area contributed by atoms with Gasteiger partial charge in [-0.05, 0) is 73.9 Å². The van der Waals surface area contributed by atoms with E-state index < -0.39 is 28.9 Å². The van der Waals surface area contributed by atoms with Gasteiger partial charge in [-0.25, -0.2) is 0 Å². The summed E-state index contributed by atoms with van der Waals surface area (Å²) in [5.74, 6) is 0.259. The van der Waals surface area contributed by atoms with Crippen molar-refractivity contribution < 1.29 is 31.1 Å². The van der Waals surface area contributed by atoms with E-state index in [0.717, 1.165) is 55.6 Å². The molecule has 37 heavy (non-hydrogen) atoms. The highest BCUT2D eigenvalue weighted by molar-refractivity contribution is 5.84. The predicted octanol–water partition coefficient (Wildman–Crippen LogP) is 5.79. The molecule has 0 bridgehead atoms. The second-order valence-corrected chi connectivity index (χ2v) is 10.6. The van der Waals surface area contributed by atoms with Gasteiger partial charge in [0.25, 0.3) is 0 Å². The van der Waals surface area contributed by atoms with Crippen LogP contribution in [0.15, 0.2) is 36.5 Å². The van der Waals surface area contributed by atoms with E-state index in [0.29, 0.717) is 43.6 Å². The number of hydrogen-bond donors (Lipinski definition) is 1. The lowest BCUT2D eigenvalue weighted by Gasteiger charge is -2.37. The molecule has 2 aliphatic carbocycles. The van der Waals surface area contributed by atoms with Crippen LogP contribution in [0.4, 0.5) is 26.3 Å². The Balaban J connectivity index is 1.21. The zero-order valence-electron chi connectivity index (χ0n) is 20.3. The van der Waals surface area contributed by atoms with E-state index in [1.807, 2.05) is 0 Å². The number of hydrogen-bond acceptors (Lipinski definition) is 3. The van der Waals surface area contributed by atoms with Crippen LogP contribution in [0.5, 0.6) is 0 Å². The second-order valence-electron chi connectivity index (χ2n) is 10.6. The molecule has 1 amide bonds. The van der Waals surface area contributed by atoms with Crippen molar-refractivity contribution in [1.29, 1.82) is 0 Å². The molecule has 2 aromatic rings. The number of pyridine rings is 1. The maximum atomic E-state index is 13.8. The van der Waals surface area contributed by atoms with Gasteiger partial charge in [-0.3, -0.25) is 9.78 Å². The molecule has 2 heterocycles. The average Bonchev–Trinajstić information content (AvgIpc) is 3.40. The van der Waals surface area contributed by atoms with Gasteiger partial charge in [0.05, 0.1) is 16.5 Å². The van der Waals surface area contributed by atoms with Crippen LogP contribution in [0, 0.1) is 11.3 Å². The molecular formula is C27H29F6N3O. The first-order valence-corrected chi connectivity index (χ1v) is 12.7. The van der Waals surface area contributed by atoms with Gasteiger partial charge >= 0.3 is 12.4 Å². The Morgan fingerprint density at radius 2 is 1.81 bits per heavy atom. The summed E-state index contributed by atoms with van der Waals surface area (Å²) in [5.41, 5.74) is -0.0761. The van der Waals surface area contributed by atoms with Crippen LogP contribution in [-0.4, -0.2) is 34.9 Å². The van der Waals surface area contributed by atoms with Crippen molar-refractivity contribution in [3.05, 3.63) is 64.5 Å². The van der Waals surface area contributed by atoms with Crippen LogP contribution in [0.25, 0.3) is 0 Å². The minimum atomic E-state index is -4.48. The molecule has 5 rings (SSSR count). The summed E-state index contributed by atoms with van der Waals surface area (Å²) >= 11 is 0. The standard InChI is InChI=1S/C27H29F6N3O/c28-26(29,30)19-5-3-17(4-6-19)7-10-34-22-13-20-2-1-9-25(20,14-22)24(37)36-11-8-23-18(16-36)12-21(15-35-23)27(31,32)33/h3-6,12,15,20,22,34H,1-2,7-11,13-14,16H2. The summed E-state index contributed by atoms with van der Waals surface area (Å²) in [6.07, 6.45) is -2.74. The molecule has 1 aliphatic heterocycles. The lowest BCUT2D eigenvalue weighted by molar-refractivity contribution is -0.144. The minimum absolute atomic E-state index is 0.0325. The summed E-state index contributed by atoms with van der Waals surface area (Å²) in [7, 11) is 0. The quantitative estimate of drug-likeness (QED) is 0.503. The van der Waals surface area contributed by atoms with Crippen molar-refractivity contribution in [3.63, 3.8) is 0 Å². The molecule has 1 aromatic heterocycles. The van der Waals surface area contributed by atoms with Gasteiger partial charge in [-0.2, -0.15) is 26.3 Å². The zero-order valence-corrected chi connectivity index (χ0v) is 20.3. The Morgan fingerprint density at radius 3 is 2.51 bits per heavy atom. The maximum absolute atomic E-state index is 13.8. The monoisotopic (exact) mass is 525 g/mol. The number of nitrogens with zero attached hydrogens (tertiary/aromatic N) is 2. The van der Waals surface area contributed by atoms with E-state index in [1.54, 1.807) is 4.90 Å². The summed E-state index contributed by atoms with van der Waals surface area (Å²) < 4.78 is 77.9. The number of fused-ring (bicyclic) bond motifs is 2. The minimum Gasteiger partial charge on any atom is -0.337 e. The van der Waals surface area contributed by atoms with E-state index in [1.165, 1.54) is 12.1 Å². The average molecular weight is 526 g/mol. The number of amides is 1. The number of nitrogens with one attached hydrogen (secondary N) is 1. The fourth-order valence-corrected chi connectivity index (χ4v) is 6.50. The summed E-state index contributed by atoms with van der Waals surface area (Å²) in [6.45, 7) is 1.19. The highest BCUT2D eigenvalue weighted by atomic mass is 19.4. The summed E-state index contributed by atoms with van der Waals surface area (Å²) in [5, 5.41) is 3.50. The van der Waals surface area contributed by atoms with Gasteiger partial charge in [0.2, 0.25) is 5.91 Å². The molecule has 2 fully saturated rings. The van der Waals surface area contributed by atoms with Crippen molar-refractivity contribution in [1.82, 2.24) is 15.2 Å². The summed E-state index contributed by atoms with van der Waals surface area (Å²) in [6, 6.07) is 6.41. The Bertz CT molecular complexity index is 1150. The van der Waals surface area contributed by atoms with Crippen molar-refractivity contribution in [2.75, 3.05) is 13.1 Å². The van der Waals surface area contributed by atoms with E-state index in [-0.39, 0.29) is 24.4 Å². The Kier molecular flexibility index (Phi) is 6.75. The number of benzene rings is 1. The lowest BCUT2D eigenvalue weighted by atomic mass is 9.78. The molecule has 3 unspecified atom stereocenters. The molecule has 200 valence electrons. The van der Waals surface area contributed by atoms with E-state index in [4.69, 9.17) is 0 Å². The zero-order chi connectivity index (χ0) is 26.4. The third-order valence-corrected chi connectivity index (χ3v) is 8.34. The maximum Gasteiger partial charge on any atom is 0.417 e. The van der Waals surface area contributed by atoms with Crippen LogP contribution in [0.3, 0.4) is 0 Å². The Hall–Kier alpha value is -2.62. The molecular weight excluding hydrogens is 496 g/mol. The topological polar surface area (TPSA) is 45.2 Å². The van der Waals surface area contributed by atoms with E-state index >= 15 is 0 Å². The largest absolute Gasteiger partial charge is 0.417 e. The van der Waals surface area contributed by atoms with Crippen molar-refractivity contribution in [3.8, 4) is 0 Å². The first-order chi connectivity index (χ1) is 17.5. The fourth-order valence-electron chi connectivity index (χ4n) is 6.50. The molecule has 10 heteroatoms. The van der Waals surface area contributed by atoms with Gasteiger partial charge in [0.1, 0.15) is 0 Å². The van der Waals surface area contributed by atoms with Crippen molar-refractivity contribution >= 4 is 5.91 Å². The Labute approximate surface area is 211 Å². The number of carbonyl (C=O) groups excluding carboxylic acids is 1. The third-order valence-electron chi connectivity index (χ3n) is 8.34. The van der Waals surface area contributed by atoms with Crippen LogP contribution in [-0.2, 0) is 36.5 Å².